The molecule has 2 aliphatic rings. The molecule has 2 aliphatic heterocycles. The van der Waals surface area contributed by atoms with Crippen molar-refractivity contribution in [3.05, 3.63) is 23.1 Å². The fourth-order valence-corrected chi connectivity index (χ4v) is 2.79. The zero-order chi connectivity index (χ0) is 11.1. The molecule has 1 aromatic rings. The molecule has 2 fully saturated rings. The fraction of sp³-hybridized carbons (Fsp3) is 0.545. The summed E-state index contributed by atoms with van der Waals surface area (Å²) in [5, 5.41) is 3.75. The fourth-order valence-electron chi connectivity index (χ4n) is 2.61. The zero-order valence-corrected chi connectivity index (χ0v) is 9.54. The molecular weight excluding hydrogens is 228 g/mol. The van der Waals surface area contributed by atoms with Crippen LogP contribution in [-0.2, 0) is 0 Å². The number of rotatable bonds is 1. The van der Waals surface area contributed by atoms with Crippen LogP contribution in [0, 0.1) is 11.8 Å². The Labute approximate surface area is 98.5 Å². The predicted octanol–water partition coefficient (Wildman–Crippen LogP) is 1.22. The number of amides is 1. The number of furan rings is 1. The van der Waals surface area contributed by atoms with Gasteiger partial charge in [0, 0.05) is 26.2 Å². The maximum atomic E-state index is 12.1. The van der Waals surface area contributed by atoms with E-state index in [0.29, 0.717) is 16.9 Å². The van der Waals surface area contributed by atoms with E-state index in [0.717, 1.165) is 26.2 Å². The maximum absolute atomic E-state index is 12.1. The van der Waals surface area contributed by atoms with Gasteiger partial charge in [-0.2, -0.15) is 0 Å². The molecule has 2 saturated heterocycles. The van der Waals surface area contributed by atoms with E-state index in [1.54, 1.807) is 6.07 Å². The first kappa shape index (κ1) is 10.2. The highest BCUT2D eigenvalue weighted by Crippen LogP contribution is 2.28. The summed E-state index contributed by atoms with van der Waals surface area (Å²) in [6.45, 7) is 3.65. The summed E-state index contributed by atoms with van der Waals surface area (Å²) in [5.41, 5.74) is 0. The van der Waals surface area contributed by atoms with Gasteiger partial charge < -0.3 is 14.6 Å². The molecule has 0 aliphatic carbocycles. The molecule has 0 saturated carbocycles. The van der Waals surface area contributed by atoms with Crippen LogP contribution < -0.4 is 5.32 Å². The van der Waals surface area contributed by atoms with Gasteiger partial charge in [0.25, 0.3) is 5.91 Å². The van der Waals surface area contributed by atoms with Crippen LogP contribution in [0.4, 0.5) is 0 Å². The number of hydrogen-bond acceptors (Lipinski definition) is 3. The van der Waals surface area contributed by atoms with Gasteiger partial charge >= 0.3 is 0 Å². The summed E-state index contributed by atoms with van der Waals surface area (Å²) in [7, 11) is 0. The molecule has 16 heavy (non-hydrogen) atoms. The van der Waals surface area contributed by atoms with Gasteiger partial charge in [-0.1, -0.05) is 11.6 Å². The quantitative estimate of drug-likeness (QED) is 0.803. The SMILES string of the molecule is O=C(c1occc1Cl)N1CC2CNCC2C1. The first-order chi connectivity index (χ1) is 7.75. The highest BCUT2D eigenvalue weighted by Gasteiger charge is 2.39. The predicted molar refractivity (Wildman–Crippen MR) is 59.5 cm³/mol. The first-order valence-electron chi connectivity index (χ1n) is 5.48. The van der Waals surface area contributed by atoms with Crippen molar-refractivity contribution < 1.29 is 9.21 Å². The van der Waals surface area contributed by atoms with Crippen molar-refractivity contribution in [3.8, 4) is 0 Å². The van der Waals surface area contributed by atoms with Gasteiger partial charge in [0.1, 0.15) is 0 Å². The monoisotopic (exact) mass is 240 g/mol. The molecule has 0 spiro atoms. The van der Waals surface area contributed by atoms with Gasteiger partial charge in [-0.05, 0) is 17.9 Å². The van der Waals surface area contributed by atoms with Crippen molar-refractivity contribution in [2.45, 2.75) is 0 Å². The van der Waals surface area contributed by atoms with Gasteiger partial charge in [0.15, 0.2) is 0 Å². The molecule has 4 nitrogen and oxygen atoms in total. The van der Waals surface area contributed by atoms with Crippen molar-refractivity contribution in [1.82, 2.24) is 10.2 Å². The Balaban J connectivity index is 1.75. The number of nitrogens with zero attached hydrogens (tertiary/aromatic N) is 1. The number of carbonyl (C=O) groups excluding carboxylic acids is 1. The third-order valence-electron chi connectivity index (χ3n) is 3.49. The van der Waals surface area contributed by atoms with E-state index in [2.05, 4.69) is 5.32 Å². The summed E-state index contributed by atoms with van der Waals surface area (Å²) >= 11 is 5.88. The Morgan fingerprint density at radius 2 is 2.12 bits per heavy atom. The number of hydrogen-bond donors (Lipinski definition) is 1. The van der Waals surface area contributed by atoms with Crippen LogP contribution in [-0.4, -0.2) is 37.0 Å². The van der Waals surface area contributed by atoms with E-state index in [9.17, 15) is 4.79 Å². The summed E-state index contributed by atoms with van der Waals surface area (Å²) < 4.78 is 5.12. The summed E-state index contributed by atoms with van der Waals surface area (Å²) in [4.78, 5) is 13.9. The molecule has 1 aromatic heterocycles. The van der Waals surface area contributed by atoms with E-state index in [-0.39, 0.29) is 11.7 Å². The van der Waals surface area contributed by atoms with Gasteiger partial charge in [0.2, 0.25) is 5.76 Å². The smallest absolute Gasteiger partial charge is 0.291 e. The average molecular weight is 241 g/mol. The Hall–Kier alpha value is -1.00. The molecule has 2 atom stereocenters. The minimum atomic E-state index is -0.0793. The highest BCUT2D eigenvalue weighted by molar-refractivity contribution is 6.33. The van der Waals surface area contributed by atoms with Crippen LogP contribution in [0.15, 0.2) is 16.7 Å². The Morgan fingerprint density at radius 3 is 2.69 bits per heavy atom. The van der Waals surface area contributed by atoms with E-state index in [1.807, 2.05) is 4.90 Å². The maximum Gasteiger partial charge on any atom is 0.291 e. The molecule has 0 aromatic carbocycles. The third kappa shape index (κ3) is 1.53. The van der Waals surface area contributed by atoms with Crippen LogP contribution in [0.5, 0.6) is 0 Å². The first-order valence-corrected chi connectivity index (χ1v) is 5.86. The summed E-state index contributed by atoms with van der Waals surface area (Å²) in [5.74, 6) is 1.38. The third-order valence-corrected chi connectivity index (χ3v) is 3.79. The molecule has 1 N–H and O–H groups in total. The van der Waals surface area contributed by atoms with Crippen molar-refractivity contribution in [2.75, 3.05) is 26.2 Å². The zero-order valence-electron chi connectivity index (χ0n) is 8.78. The average Bonchev–Trinajstić information content (AvgIpc) is 2.89. The molecular formula is C11H13ClN2O2. The standard InChI is InChI=1S/C11H13ClN2O2/c12-9-1-2-16-10(9)11(15)14-5-7-3-13-4-8(7)6-14/h1-2,7-8,13H,3-6H2. The highest BCUT2D eigenvalue weighted by atomic mass is 35.5. The molecule has 0 bridgehead atoms. The second kappa shape index (κ2) is 3.79. The largest absolute Gasteiger partial charge is 0.458 e. The van der Waals surface area contributed by atoms with Crippen LogP contribution >= 0.6 is 11.6 Å². The number of carbonyl (C=O) groups is 1. The summed E-state index contributed by atoms with van der Waals surface area (Å²) in [6, 6.07) is 1.60. The molecule has 3 rings (SSSR count). The van der Waals surface area contributed by atoms with Crippen LogP contribution in [0.2, 0.25) is 5.02 Å². The van der Waals surface area contributed by atoms with Crippen LogP contribution in [0.3, 0.4) is 0 Å². The second-order valence-electron chi connectivity index (χ2n) is 4.49. The number of fused-ring (bicyclic) bond motifs is 1. The minimum absolute atomic E-state index is 0.0793. The van der Waals surface area contributed by atoms with E-state index in [4.69, 9.17) is 16.0 Å². The molecule has 1 amide bonds. The van der Waals surface area contributed by atoms with Crippen molar-refractivity contribution in [1.29, 1.82) is 0 Å². The number of halogens is 1. The molecule has 86 valence electrons. The van der Waals surface area contributed by atoms with Crippen LogP contribution in [0.25, 0.3) is 0 Å². The molecule has 3 heterocycles. The Bertz CT molecular complexity index is 406. The van der Waals surface area contributed by atoms with E-state index >= 15 is 0 Å². The lowest BCUT2D eigenvalue weighted by atomic mass is 10.0. The molecule has 0 radical (unpaired) electrons. The number of likely N-dealkylation sites (tertiary alicyclic amines) is 1. The van der Waals surface area contributed by atoms with Crippen LogP contribution in [0.1, 0.15) is 10.6 Å². The normalized spacial score (nSPS) is 28.4. The summed E-state index contributed by atoms with van der Waals surface area (Å²) in [6.07, 6.45) is 1.45. The topological polar surface area (TPSA) is 45.5 Å². The lowest BCUT2D eigenvalue weighted by Gasteiger charge is -2.15. The van der Waals surface area contributed by atoms with E-state index in [1.165, 1.54) is 6.26 Å². The lowest BCUT2D eigenvalue weighted by Crippen LogP contribution is -2.31. The lowest BCUT2D eigenvalue weighted by molar-refractivity contribution is 0.0750. The Kier molecular flexibility index (Phi) is 2.41. The van der Waals surface area contributed by atoms with Gasteiger partial charge in [0.05, 0.1) is 11.3 Å². The molecule has 5 heteroatoms. The van der Waals surface area contributed by atoms with Crippen molar-refractivity contribution in [3.63, 3.8) is 0 Å². The second-order valence-corrected chi connectivity index (χ2v) is 4.89. The minimum Gasteiger partial charge on any atom is -0.458 e. The number of nitrogens with one attached hydrogen (secondary N) is 1. The molecule has 2 unspecified atom stereocenters. The Morgan fingerprint density at radius 1 is 1.44 bits per heavy atom. The van der Waals surface area contributed by atoms with Crippen molar-refractivity contribution >= 4 is 17.5 Å². The van der Waals surface area contributed by atoms with E-state index < -0.39 is 0 Å². The van der Waals surface area contributed by atoms with Crippen molar-refractivity contribution in [2.24, 2.45) is 11.8 Å². The van der Waals surface area contributed by atoms with Gasteiger partial charge in [-0.3, -0.25) is 4.79 Å². The van der Waals surface area contributed by atoms with Gasteiger partial charge in [-0.25, -0.2) is 0 Å². The van der Waals surface area contributed by atoms with Gasteiger partial charge in [-0.15, -0.1) is 0 Å².